The van der Waals surface area contributed by atoms with E-state index in [4.69, 9.17) is 9.47 Å². The van der Waals surface area contributed by atoms with Gasteiger partial charge in [0.05, 0.1) is 13.2 Å². The topological polar surface area (TPSA) is 52.6 Å². The molecule has 1 saturated carbocycles. The van der Waals surface area contributed by atoms with E-state index < -0.39 is 17.4 Å². The molecule has 4 heteroatoms. The molecule has 100 valence electrons. The molecule has 0 N–H and O–H groups in total. The van der Waals surface area contributed by atoms with E-state index in [0.717, 1.165) is 6.42 Å². The van der Waals surface area contributed by atoms with Gasteiger partial charge in [-0.05, 0) is 32.1 Å². The molecule has 0 saturated heterocycles. The summed E-state index contributed by atoms with van der Waals surface area (Å²) in [6.07, 6.45) is 4.92. The number of carbonyl (C=O) groups is 2. The van der Waals surface area contributed by atoms with Crippen molar-refractivity contribution in [3.8, 4) is 0 Å². The van der Waals surface area contributed by atoms with E-state index >= 15 is 0 Å². The van der Waals surface area contributed by atoms with E-state index in [-0.39, 0.29) is 31.0 Å². The van der Waals surface area contributed by atoms with Gasteiger partial charge in [0, 0.05) is 5.92 Å². The molecule has 0 aromatic rings. The van der Waals surface area contributed by atoms with Crippen LogP contribution in [-0.4, -0.2) is 25.2 Å². The summed E-state index contributed by atoms with van der Waals surface area (Å²) >= 11 is 0. The van der Waals surface area contributed by atoms with Gasteiger partial charge in [0.25, 0.3) is 0 Å². The largest absolute Gasteiger partial charge is 0.465 e. The molecule has 4 nitrogen and oxygen atoms in total. The van der Waals surface area contributed by atoms with Crippen molar-refractivity contribution in [1.29, 1.82) is 0 Å². The van der Waals surface area contributed by atoms with Crippen molar-refractivity contribution in [2.75, 3.05) is 13.2 Å². The maximum atomic E-state index is 12.3. The normalized spacial score (nSPS) is 31.4. The third-order valence-corrected chi connectivity index (χ3v) is 4.29. The zero-order valence-electron chi connectivity index (χ0n) is 11.1. The van der Waals surface area contributed by atoms with E-state index in [0.29, 0.717) is 0 Å². The molecule has 2 bridgehead atoms. The molecule has 2 aliphatic rings. The molecule has 0 radical (unpaired) electrons. The molecular weight excluding hydrogens is 232 g/mol. The summed E-state index contributed by atoms with van der Waals surface area (Å²) < 4.78 is 10.3. The lowest BCUT2D eigenvalue weighted by Crippen LogP contribution is -2.49. The van der Waals surface area contributed by atoms with Gasteiger partial charge in [-0.2, -0.15) is 0 Å². The lowest BCUT2D eigenvalue weighted by Gasteiger charge is -2.35. The zero-order chi connectivity index (χ0) is 13.3. The Kier molecular flexibility index (Phi) is 3.46. The Hall–Kier alpha value is -1.32. The van der Waals surface area contributed by atoms with Crippen molar-refractivity contribution in [3.05, 3.63) is 12.2 Å². The molecule has 1 fully saturated rings. The number of allylic oxidation sites excluding steroid dienone is 2. The van der Waals surface area contributed by atoms with E-state index in [9.17, 15) is 9.59 Å². The van der Waals surface area contributed by atoms with Crippen LogP contribution in [0.2, 0.25) is 0 Å². The summed E-state index contributed by atoms with van der Waals surface area (Å²) in [5.74, 6) is -0.689. The van der Waals surface area contributed by atoms with Crippen molar-refractivity contribution in [3.63, 3.8) is 0 Å². The average Bonchev–Trinajstić information content (AvgIpc) is 2.89. The van der Waals surface area contributed by atoms with Crippen LogP contribution in [0.1, 0.15) is 27.2 Å². The first-order chi connectivity index (χ1) is 8.58. The SMILES string of the molecule is CCOC(=O)C1(C(=O)OCC)[C@H]2C=C[C@H](C2)[C@@H]1C. The fraction of sp³-hybridized carbons (Fsp3) is 0.714. The summed E-state index contributed by atoms with van der Waals surface area (Å²) in [6, 6.07) is 0. The highest BCUT2D eigenvalue weighted by atomic mass is 16.6. The highest BCUT2D eigenvalue weighted by Gasteiger charge is 2.65. The van der Waals surface area contributed by atoms with Gasteiger partial charge in [-0.15, -0.1) is 0 Å². The number of hydrogen-bond acceptors (Lipinski definition) is 4. The molecule has 0 aliphatic heterocycles. The Balaban J connectivity index is 2.38. The minimum atomic E-state index is -1.12. The number of esters is 2. The molecule has 3 atom stereocenters. The van der Waals surface area contributed by atoms with Crippen molar-refractivity contribution < 1.29 is 19.1 Å². The summed E-state index contributed by atoms with van der Waals surface area (Å²) in [5, 5.41) is 0. The van der Waals surface area contributed by atoms with Crippen LogP contribution >= 0.6 is 0 Å². The monoisotopic (exact) mass is 252 g/mol. The summed E-state index contributed by atoms with van der Waals surface area (Å²) in [7, 11) is 0. The molecule has 2 aliphatic carbocycles. The fourth-order valence-corrected chi connectivity index (χ4v) is 3.37. The highest BCUT2D eigenvalue weighted by molar-refractivity contribution is 6.02. The molecule has 0 spiro atoms. The van der Waals surface area contributed by atoms with Gasteiger partial charge in [-0.1, -0.05) is 19.1 Å². The first-order valence-electron chi connectivity index (χ1n) is 6.61. The van der Waals surface area contributed by atoms with Crippen LogP contribution in [-0.2, 0) is 19.1 Å². The van der Waals surface area contributed by atoms with Crippen molar-refractivity contribution in [1.82, 2.24) is 0 Å². The second-order valence-electron chi connectivity index (χ2n) is 4.99. The fourth-order valence-electron chi connectivity index (χ4n) is 3.37. The smallest absolute Gasteiger partial charge is 0.324 e. The van der Waals surface area contributed by atoms with Gasteiger partial charge in [0.15, 0.2) is 5.41 Å². The first-order valence-corrected chi connectivity index (χ1v) is 6.61. The maximum absolute atomic E-state index is 12.3. The Morgan fingerprint density at radius 1 is 1.17 bits per heavy atom. The summed E-state index contributed by atoms with van der Waals surface area (Å²) in [4.78, 5) is 24.7. The van der Waals surface area contributed by atoms with Crippen molar-refractivity contribution in [2.45, 2.75) is 27.2 Å². The standard InChI is InChI=1S/C14H20O4/c1-4-17-12(15)14(13(16)18-5-2)9(3)10-6-7-11(14)8-10/h6-7,9-11H,4-5,8H2,1-3H3/t9-,10+,11-/m0/s1. The van der Waals surface area contributed by atoms with Crippen LogP contribution in [0, 0.1) is 23.2 Å². The highest BCUT2D eigenvalue weighted by Crippen LogP contribution is 2.57. The van der Waals surface area contributed by atoms with Gasteiger partial charge in [0.1, 0.15) is 0 Å². The molecule has 0 aromatic heterocycles. The Morgan fingerprint density at radius 2 is 1.72 bits per heavy atom. The van der Waals surface area contributed by atoms with E-state index in [1.165, 1.54) is 0 Å². The second kappa shape index (κ2) is 4.75. The van der Waals surface area contributed by atoms with E-state index in [1.54, 1.807) is 13.8 Å². The predicted molar refractivity (Wildman–Crippen MR) is 65.6 cm³/mol. The Morgan fingerprint density at radius 3 is 2.11 bits per heavy atom. The molecule has 0 heterocycles. The minimum Gasteiger partial charge on any atom is -0.465 e. The van der Waals surface area contributed by atoms with Crippen LogP contribution in [0.4, 0.5) is 0 Å². The molecule has 0 aromatic carbocycles. The lowest BCUT2D eigenvalue weighted by atomic mass is 9.69. The third kappa shape index (κ3) is 1.58. The first kappa shape index (κ1) is 13.1. The average molecular weight is 252 g/mol. The lowest BCUT2D eigenvalue weighted by molar-refractivity contribution is -0.178. The van der Waals surface area contributed by atoms with Gasteiger partial charge < -0.3 is 9.47 Å². The van der Waals surface area contributed by atoms with Gasteiger partial charge >= 0.3 is 11.9 Å². The van der Waals surface area contributed by atoms with Crippen LogP contribution in [0.5, 0.6) is 0 Å². The van der Waals surface area contributed by atoms with Crippen LogP contribution in [0.25, 0.3) is 0 Å². The predicted octanol–water partition coefficient (Wildman–Crippen LogP) is 1.94. The molecular formula is C14H20O4. The third-order valence-electron chi connectivity index (χ3n) is 4.29. The van der Waals surface area contributed by atoms with Crippen molar-refractivity contribution >= 4 is 11.9 Å². The summed E-state index contributed by atoms with van der Waals surface area (Å²) in [6.45, 7) is 6.03. The summed E-state index contributed by atoms with van der Waals surface area (Å²) in [5.41, 5.74) is -1.12. The van der Waals surface area contributed by atoms with Crippen LogP contribution in [0.3, 0.4) is 0 Å². The van der Waals surface area contributed by atoms with Crippen LogP contribution in [0.15, 0.2) is 12.2 Å². The zero-order valence-corrected chi connectivity index (χ0v) is 11.1. The number of hydrogen-bond donors (Lipinski definition) is 0. The van der Waals surface area contributed by atoms with Gasteiger partial charge in [-0.25, -0.2) is 0 Å². The Labute approximate surface area is 107 Å². The van der Waals surface area contributed by atoms with Gasteiger partial charge in [-0.3, -0.25) is 9.59 Å². The number of ether oxygens (including phenoxy) is 2. The molecule has 18 heavy (non-hydrogen) atoms. The Bertz CT molecular complexity index is 367. The van der Waals surface area contributed by atoms with Crippen molar-refractivity contribution in [2.24, 2.45) is 23.2 Å². The molecule has 2 rings (SSSR count). The van der Waals surface area contributed by atoms with E-state index in [1.807, 2.05) is 13.0 Å². The molecule has 0 amide bonds. The van der Waals surface area contributed by atoms with Crippen LogP contribution < -0.4 is 0 Å². The number of fused-ring (bicyclic) bond motifs is 2. The van der Waals surface area contributed by atoms with E-state index in [2.05, 4.69) is 6.08 Å². The molecule has 0 unspecified atom stereocenters. The minimum absolute atomic E-state index is 0.0504. The quantitative estimate of drug-likeness (QED) is 0.436. The maximum Gasteiger partial charge on any atom is 0.324 e. The second-order valence-corrected chi connectivity index (χ2v) is 4.99. The number of carbonyl (C=O) groups excluding carboxylic acids is 2. The number of rotatable bonds is 4. The van der Waals surface area contributed by atoms with Gasteiger partial charge in [0.2, 0.25) is 0 Å².